The van der Waals surface area contributed by atoms with Gasteiger partial charge in [-0.25, -0.2) is 14.5 Å². The van der Waals surface area contributed by atoms with Gasteiger partial charge in [0.1, 0.15) is 11.2 Å². The van der Waals surface area contributed by atoms with Crippen molar-refractivity contribution in [2.24, 2.45) is 10.8 Å². The van der Waals surface area contributed by atoms with Crippen molar-refractivity contribution in [3.63, 3.8) is 0 Å². The fraction of sp³-hybridized carbons (Fsp3) is 0.543. The van der Waals surface area contributed by atoms with E-state index in [4.69, 9.17) is 37.4 Å². The molecule has 0 radical (unpaired) electrons. The fourth-order valence-electron chi connectivity index (χ4n) is 3.76. The molecular weight excluding hydrogens is 1160 g/mol. The number of carbonyl (C=O) groups is 3. The molecule has 24 heteroatoms. The first-order chi connectivity index (χ1) is 32.7. The predicted octanol–water partition coefficient (Wildman–Crippen LogP) is 4.26. The molecule has 0 saturated carbocycles. The van der Waals surface area contributed by atoms with Crippen LogP contribution in [0, 0.1) is 0 Å². The van der Waals surface area contributed by atoms with Crippen LogP contribution >= 0.6 is 47.8 Å². The van der Waals surface area contributed by atoms with Gasteiger partial charge in [0.15, 0.2) is 0 Å². The molecule has 3 aromatic rings. The van der Waals surface area contributed by atoms with Crippen LogP contribution in [0.25, 0.3) is 10.4 Å². The number of nitrogens with two attached hydrogens (primary N) is 1. The largest absolute Gasteiger partial charge is 1.00 e. The molecule has 8 N–H and O–H groups in total. The number of ether oxygens (including phenoxy) is 2. The summed E-state index contributed by atoms with van der Waals surface area (Å²) in [6.07, 6.45) is 1.54. The number of hydrogen-bond donors (Lipinski definition) is 7. The van der Waals surface area contributed by atoms with Crippen LogP contribution in [0.15, 0.2) is 86.9 Å². The molecule has 3 aromatic carbocycles. The second-order valence-electron chi connectivity index (χ2n) is 15.0. The maximum atomic E-state index is 11.4. The predicted molar refractivity (Wildman–Crippen MR) is 281 cm³/mol. The van der Waals surface area contributed by atoms with Crippen LogP contribution in [0.4, 0.5) is 19.7 Å². The Morgan fingerprint density at radius 1 is 0.800 bits per heavy atom. The molecule has 0 aromatic heterocycles. The van der Waals surface area contributed by atoms with E-state index in [0.717, 1.165) is 45.9 Å². The summed E-state index contributed by atoms with van der Waals surface area (Å²) in [5, 5.41) is 35.1. The van der Waals surface area contributed by atoms with Gasteiger partial charge >= 0.3 is 115 Å². The Morgan fingerprint density at radius 3 is 1.39 bits per heavy atom. The summed E-state index contributed by atoms with van der Waals surface area (Å²) in [6.45, 7) is 22.9. The monoisotopic (exact) mass is 1240 g/mol. The summed E-state index contributed by atoms with van der Waals surface area (Å²) in [4.78, 5) is 40.3. The summed E-state index contributed by atoms with van der Waals surface area (Å²) in [7, 11) is 0.962. The zero-order chi connectivity index (χ0) is 53.8. The van der Waals surface area contributed by atoms with Gasteiger partial charge in [-0.15, -0.1) is 0 Å². The molecule has 0 heterocycles. The van der Waals surface area contributed by atoms with E-state index in [0.29, 0.717) is 45.0 Å². The second-order valence-corrected chi connectivity index (χ2v) is 17.3. The number of halogens is 4. The van der Waals surface area contributed by atoms with E-state index in [9.17, 15) is 14.0 Å². The molecule has 2 amide bonds. The number of rotatable bonds is 17. The van der Waals surface area contributed by atoms with Crippen LogP contribution in [0.1, 0.15) is 94.6 Å². The summed E-state index contributed by atoms with van der Waals surface area (Å²) >= 11 is 10.1. The van der Waals surface area contributed by atoms with E-state index in [1.807, 2.05) is 85.0 Å². The Balaban J connectivity index is -0.000000121. The van der Waals surface area contributed by atoms with E-state index in [-0.39, 0.29) is 117 Å². The van der Waals surface area contributed by atoms with Crippen molar-refractivity contribution >= 4 is 72.1 Å². The van der Waals surface area contributed by atoms with E-state index >= 15 is 0 Å². The maximum absolute atomic E-state index is 11.4. The third kappa shape index (κ3) is 69.4. The van der Waals surface area contributed by atoms with Gasteiger partial charge < -0.3 is 53.4 Å². The van der Waals surface area contributed by atoms with Gasteiger partial charge in [-0.2, -0.15) is 0 Å². The van der Waals surface area contributed by atoms with Gasteiger partial charge in [-0.05, 0) is 128 Å². The standard InChI is InChI=1S/C14H21BrN2O2.C14H21N5O2.C7H6Br2.C4H11N.C3H9N.C2H6O2.CH3F.CH2O3.2K.H/c1-14(2,3)19-13(18)17-9-8-16-10-11-4-6-12(15)7-5-11;1-14(2,3)21-13(20)17-9-8-16-10-11-4-6-12(7-5-11)18-19-15;8-5-6-1-3-7(9)4-2-6;1-3-4-5-2;1-2-3-4;1-2-4-3;1-2;2-1-4-3;;;/h4-7,16H,8-10H2,1-3H3,(H,17,18);4-7,16H,8-10H2,1-3H3,(H,17,20);1-4H,5H2;5H,3-4H2,1-2H3;2-4H2,1H3;3H,2H2,1H3;1H3;1,3H;;;/q;;;;;;;;2*+1;-1/p-1/i;;;;;;1D;;;;. The number of nitrogens with zero attached hydrogens (tertiary/aromatic N) is 3. The van der Waals surface area contributed by atoms with Crippen LogP contribution in [0.3, 0.4) is 0 Å². The van der Waals surface area contributed by atoms with Crippen LogP contribution in [-0.2, 0) is 42.5 Å². The average molecular weight is 1240 g/mol. The van der Waals surface area contributed by atoms with Crippen molar-refractivity contribution in [2.45, 2.75) is 105 Å². The van der Waals surface area contributed by atoms with Gasteiger partial charge in [-0.1, -0.05) is 115 Å². The van der Waals surface area contributed by atoms with Crippen molar-refractivity contribution in [2.75, 3.05) is 60.1 Å². The number of alkyl halides is 2. The van der Waals surface area contributed by atoms with Gasteiger partial charge in [0.2, 0.25) is 0 Å². The molecule has 0 bridgehead atoms. The number of azide groups is 1. The van der Waals surface area contributed by atoms with Gasteiger partial charge in [0.05, 0.1) is 15.1 Å². The van der Waals surface area contributed by atoms with Crippen molar-refractivity contribution in [1.82, 2.24) is 26.6 Å². The van der Waals surface area contributed by atoms with Gasteiger partial charge in [0.25, 0.3) is 6.47 Å². The Bertz CT molecular complexity index is 1670. The molecule has 3 rings (SSSR count). The minimum absolute atomic E-state index is 0. The van der Waals surface area contributed by atoms with E-state index in [2.05, 4.69) is 132 Å². The first-order valence-corrected chi connectivity index (χ1v) is 24.1. The van der Waals surface area contributed by atoms with Crippen LogP contribution < -0.4 is 140 Å². The summed E-state index contributed by atoms with van der Waals surface area (Å²) in [6, 6.07) is 23.7. The molecule has 0 aliphatic rings. The average Bonchev–Trinajstić information content (AvgIpc) is 3.30. The minimum Gasteiger partial charge on any atom is -1.00 e. The third-order valence-electron chi connectivity index (χ3n) is 6.63. The van der Waals surface area contributed by atoms with Crippen molar-refractivity contribution in [1.29, 1.82) is 0 Å². The SMILES string of the molecule is BrCc1ccc(Br)cc1.CC(C)(C)OC(=O)NCCNCc1ccc(Br)cc1.CC(C)(C)OC(=O)NCCNCc1ccc(N=[N+]=[N-])cc1.CCCN.CCCNC.CCOO.O=CO[O-].[2H]CF.[H-].[K+].[K+]. The molecule has 70 heavy (non-hydrogen) atoms. The molecule has 0 spiro atoms. The summed E-state index contributed by atoms with van der Waals surface area (Å²) < 4.78 is 28.0. The normalized spacial score (nSPS) is 9.47. The topological polar surface area (TPSA) is 266 Å². The zero-order valence-electron chi connectivity index (χ0n) is 45.3. The quantitative estimate of drug-likeness (QED) is 0.0115. The van der Waals surface area contributed by atoms with E-state index < -0.39 is 24.4 Å². The molecule has 392 valence electrons. The Labute approximate surface area is 530 Å². The molecule has 0 aliphatic heterocycles. The fourth-order valence-corrected chi connectivity index (χ4v) is 4.66. The van der Waals surface area contributed by atoms with Crippen molar-refractivity contribution in [3.05, 3.63) is 109 Å². The molecule has 0 aliphatic carbocycles. The smallest absolute Gasteiger partial charge is 1.00 e. The molecule has 0 unspecified atom stereocenters. The summed E-state index contributed by atoms with van der Waals surface area (Å²) in [5.41, 5.74) is 16.6. The van der Waals surface area contributed by atoms with Crippen molar-refractivity contribution in [3.8, 4) is 0 Å². The van der Waals surface area contributed by atoms with Crippen molar-refractivity contribution < 1.29 is 154 Å². The Kier molecular flexibility index (Phi) is 70.2. The molecule has 0 fully saturated rings. The van der Waals surface area contributed by atoms with E-state index in [1.54, 1.807) is 19.1 Å². The Hall–Kier alpha value is -0.657. The summed E-state index contributed by atoms with van der Waals surface area (Å²) in [5.74, 6) is 0. The number of amides is 2. The van der Waals surface area contributed by atoms with Crippen LogP contribution in [0.2, 0.25) is 0 Å². The molecule has 0 saturated heterocycles. The molecule has 0 atom stereocenters. The third-order valence-corrected chi connectivity index (χ3v) is 8.34. The van der Waals surface area contributed by atoms with Crippen LogP contribution in [-0.4, -0.2) is 95.2 Å². The first kappa shape index (κ1) is 80.7. The first-order valence-electron chi connectivity index (χ1n) is 22.1. The number of hydrogen-bond acceptors (Lipinski definition) is 14. The number of benzene rings is 3. The molecular formula is C46H79Br3FK2N9O9. The van der Waals surface area contributed by atoms with Gasteiger partial charge in [0, 0.05) is 64.1 Å². The number of carbonyl (C=O) groups excluding carboxylic acids is 3. The maximum Gasteiger partial charge on any atom is 1.00 e. The second kappa shape index (κ2) is 60.9. The zero-order valence-corrected chi connectivity index (χ0v) is 54.3. The minimum atomic E-state index is -1.00. The Morgan fingerprint density at radius 2 is 1.14 bits per heavy atom. The van der Waals surface area contributed by atoms with E-state index in [1.165, 1.54) is 17.5 Å². The number of nitrogens with one attached hydrogen (secondary N) is 5. The van der Waals surface area contributed by atoms with Crippen LogP contribution in [0.5, 0.6) is 0 Å². The molecule has 18 nitrogen and oxygen atoms in total. The van der Waals surface area contributed by atoms with Gasteiger partial charge in [-0.3, -0.25) is 14.4 Å². The number of alkyl carbamates (subject to hydrolysis) is 2.